The van der Waals surface area contributed by atoms with Crippen LogP contribution >= 0.6 is 15.9 Å². The van der Waals surface area contributed by atoms with Crippen molar-refractivity contribution in [3.05, 3.63) is 46.4 Å². The second-order valence-electron chi connectivity index (χ2n) is 3.36. The van der Waals surface area contributed by atoms with E-state index in [1.165, 1.54) is 0 Å². The standard InChI is InChI=1S/C12H11BrO/c1-8(14)9-4-2-6-11-10(9)5-3-7-12(11)13/h2-8,14H,1H3/t8-/m0/s1. The fourth-order valence-electron chi connectivity index (χ4n) is 1.66. The van der Waals surface area contributed by atoms with Gasteiger partial charge in [-0.3, -0.25) is 0 Å². The van der Waals surface area contributed by atoms with Crippen LogP contribution in [0.3, 0.4) is 0 Å². The average Bonchev–Trinajstić information content (AvgIpc) is 2.17. The topological polar surface area (TPSA) is 20.2 Å². The minimum absolute atomic E-state index is 0.423. The van der Waals surface area contributed by atoms with E-state index >= 15 is 0 Å². The number of benzene rings is 2. The third-order valence-electron chi connectivity index (χ3n) is 2.35. The molecule has 14 heavy (non-hydrogen) atoms. The molecule has 1 N–H and O–H groups in total. The lowest BCUT2D eigenvalue weighted by molar-refractivity contribution is 0.201. The molecule has 1 nitrogen and oxygen atoms in total. The van der Waals surface area contributed by atoms with Crippen molar-refractivity contribution in [1.82, 2.24) is 0 Å². The van der Waals surface area contributed by atoms with Crippen LogP contribution in [0.5, 0.6) is 0 Å². The van der Waals surface area contributed by atoms with Crippen molar-refractivity contribution in [1.29, 1.82) is 0 Å². The summed E-state index contributed by atoms with van der Waals surface area (Å²) in [5, 5.41) is 11.8. The van der Waals surface area contributed by atoms with Gasteiger partial charge in [-0.25, -0.2) is 0 Å². The smallest absolute Gasteiger partial charge is 0.0767 e. The Morgan fingerprint density at radius 3 is 2.43 bits per heavy atom. The molecule has 72 valence electrons. The number of rotatable bonds is 1. The molecule has 0 spiro atoms. The van der Waals surface area contributed by atoms with E-state index in [0.717, 1.165) is 20.8 Å². The summed E-state index contributed by atoms with van der Waals surface area (Å²) in [7, 11) is 0. The Kier molecular flexibility index (Phi) is 2.57. The summed E-state index contributed by atoms with van der Waals surface area (Å²) in [6, 6.07) is 12.0. The fourth-order valence-corrected chi connectivity index (χ4v) is 2.16. The summed E-state index contributed by atoms with van der Waals surface area (Å²) in [6.07, 6.45) is -0.423. The summed E-state index contributed by atoms with van der Waals surface area (Å²) < 4.78 is 1.07. The van der Waals surface area contributed by atoms with Gasteiger partial charge in [0.2, 0.25) is 0 Å². The molecule has 0 aliphatic heterocycles. The maximum Gasteiger partial charge on any atom is 0.0767 e. The lowest BCUT2D eigenvalue weighted by Crippen LogP contribution is -1.92. The Morgan fingerprint density at radius 1 is 1.07 bits per heavy atom. The molecule has 2 aromatic rings. The molecule has 0 unspecified atom stereocenters. The van der Waals surface area contributed by atoms with Gasteiger partial charge in [-0.05, 0) is 29.3 Å². The first-order chi connectivity index (χ1) is 6.70. The Hall–Kier alpha value is -0.860. The quantitative estimate of drug-likeness (QED) is 0.820. The lowest BCUT2D eigenvalue weighted by Gasteiger charge is -2.09. The Morgan fingerprint density at radius 2 is 1.71 bits per heavy atom. The van der Waals surface area contributed by atoms with Gasteiger partial charge in [-0.2, -0.15) is 0 Å². The van der Waals surface area contributed by atoms with E-state index in [1.54, 1.807) is 6.92 Å². The molecular weight excluding hydrogens is 240 g/mol. The van der Waals surface area contributed by atoms with Crippen molar-refractivity contribution >= 4 is 26.7 Å². The number of aliphatic hydroxyl groups is 1. The van der Waals surface area contributed by atoms with E-state index in [2.05, 4.69) is 15.9 Å². The first-order valence-corrected chi connectivity index (χ1v) is 5.34. The summed E-state index contributed by atoms with van der Waals surface area (Å²) in [4.78, 5) is 0. The maximum atomic E-state index is 9.60. The summed E-state index contributed by atoms with van der Waals surface area (Å²) in [5.41, 5.74) is 0.976. The monoisotopic (exact) mass is 250 g/mol. The van der Waals surface area contributed by atoms with Crippen LogP contribution in [0.1, 0.15) is 18.6 Å². The number of fused-ring (bicyclic) bond motifs is 1. The molecule has 2 aromatic carbocycles. The summed E-state index contributed by atoms with van der Waals surface area (Å²) in [6.45, 7) is 1.79. The van der Waals surface area contributed by atoms with Gasteiger partial charge in [0, 0.05) is 4.47 Å². The maximum absolute atomic E-state index is 9.60. The second-order valence-corrected chi connectivity index (χ2v) is 4.21. The van der Waals surface area contributed by atoms with Gasteiger partial charge in [0.15, 0.2) is 0 Å². The predicted octanol–water partition coefficient (Wildman–Crippen LogP) is 3.66. The molecular formula is C12H11BrO. The number of aliphatic hydroxyl groups excluding tert-OH is 1. The van der Waals surface area contributed by atoms with Crippen molar-refractivity contribution in [2.45, 2.75) is 13.0 Å². The predicted molar refractivity (Wildman–Crippen MR) is 62.3 cm³/mol. The first kappa shape index (κ1) is 9.69. The molecule has 0 saturated carbocycles. The van der Waals surface area contributed by atoms with Gasteiger partial charge in [-0.1, -0.05) is 46.3 Å². The van der Waals surface area contributed by atoms with Crippen LogP contribution in [0.4, 0.5) is 0 Å². The van der Waals surface area contributed by atoms with Gasteiger partial charge in [-0.15, -0.1) is 0 Å². The third kappa shape index (κ3) is 1.56. The van der Waals surface area contributed by atoms with Crippen LogP contribution in [-0.2, 0) is 0 Å². The van der Waals surface area contributed by atoms with Crippen LogP contribution in [0.25, 0.3) is 10.8 Å². The highest BCUT2D eigenvalue weighted by molar-refractivity contribution is 9.10. The van der Waals surface area contributed by atoms with Crippen molar-refractivity contribution < 1.29 is 5.11 Å². The Bertz CT molecular complexity index is 463. The number of hydrogen-bond acceptors (Lipinski definition) is 1. The van der Waals surface area contributed by atoms with Gasteiger partial charge in [0.1, 0.15) is 0 Å². The van der Waals surface area contributed by atoms with Gasteiger partial charge in [0.25, 0.3) is 0 Å². The van der Waals surface area contributed by atoms with Gasteiger partial charge in [0.05, 0.1) is 6.10 Å². The molecule has 0 aliphatic carbocycles. The molecule has 1 atom stereocenters. The SMILES string of the molecule is C[C@H](O)c1cccc2c(Br)cccc12. The molecule has 0 saturated heterocycles. The molecule has 0 aromatic heterocycles. The molecule has 0 fully saturated rings. The third-order valence-corrected chi connectivity index (χ3v) is 3.04. The van der Waals surface area contributed by atoms with Gasteiger partial charge >= 0.3 is 0 Å². The minimum atomic E-state index is -0.423. The molecule has 0 amide bonds. The zero-order valence-electron chi connectivity index (χ0n) is 7.87. The summed E-state index contributed by atoms with van der Waals surface area (Å²) in [5.74, 6) is 0. The van der Waals surface area contributed by atoms with Crippen LogP contribution in [0.15, 0.2) is 40.9 Å². The second kappa shape index (κ2) is 3.71. The first-order valence-electron chi connectivity index (χ1n) is 4.55. The van der Waals surface area contributed by atoms with E-state index in [9.17, 15) is 5.11 Å². The highest BCUT2D eigenvalue weighted by Gasteiger charge is 2.06. The number of halogens is 1. The normalized spacial score (nSPS) is 13.1. The molecule has 0 aliphatic rings. The Balaban J connectivity index is 2.81. The fraction of sp³-hybridized carbons (Fsp3) is 0.167. The molecule has 0 radical (unpaired) electrons. The average molecular weight is 251 g/mol. The Labute approximate surface area is 91.5 Å². The molecule has 0 heterocycles. The highest BCUT2D eigenvalue weighted by Crippen LogP contribution is 2.29. The van der Waals surface area contributed by atoms with Crippen molar-refractivity contribution in [2.75, 3.05) is 0 Å². The van der Waals surface area contributed by atoms with Crippen molar-refractivity contribution in [3.8, 4) is 0 Å². The van der Waals surface area contributed by atoms with E-state index in [4.69, 9.17) is 0 Å². The molecule has 2 heteroatoms. The largest absolute Gasteiger partial charge is 0.389 e. The van der Waals surface area contributed by atoms with E-state index < -0.39 is 6.10 Å². The van der Waals surface area contributed by atoms with Crippen molar-refractivity contribution in [2.24, 2.45) is 0 Å². The van der Waals surface area contributed by atoms with Gasteiger partial charge < -0.3 is 5.11 Å². The van der Waals surface area contributed by atoms with Crippen LogP contribution in [0.2, 0.25) is 0 Å². The van der Waals surface area contributed by atoms with Crippen molar-refractivity contribution in [3.63, 3.8) is 0 Å². The molecule has 0 bridgehead atoms. The zero-order chi connectivity index (χ0) is 10.1. The van der Waals surface area contributed by atoms with E-state index in [0.29, 0.717) is 0 Å². The number of hydrogen-bond donors (Lipinski definition) is 1. The highest BCUT2D eigenvalue weighted by atomic mass is 79.9. The summed E-state index contributed by atoms with van der Waals surface area (Å²) >= 11 is 3.50. The van der Waals surface area contributed by atoms with Crippen LogP contribution in [0, 0.1) is 0 Å². The zero-order valence-corrected chi connectivity index (χ0v) is 9.45. The molecule has 2 rings (SSSR count). The minimum Gasteiger partial charge on any atom is -0.389 e. The van der Waals surface area contributed by atoms with Crippen LogP contribution in [-0.4, -0.2) is 5.11 Å². The van der Waals surface area contributed by atoms with E-state index in [-0.39, 0.29) is 0 Å². The van der Waals surface area contributed by atoms with E-state index in [1.807, 2.05) is 36.4 Å². The van der Waals surface area contributed by atoms with Crippen LogP contribution < -0.4 is 0 Å². The lowest BCUT2D eigenvalue weighted by atomic mass is 10.0.